The highest BCUT2D eigenvalue weighted by atomic mass is 16.7. The Morgan fingerprint density at radius 1 is 1.10 bits per heavy atom. The topological polar surface area (TPSA) is 51.2 Å². The summed E-state index contributed by atoms with van der Waals surface area (Å²) in [5.41, 5.74) is 2.25. The lowest BCUT2D eigenvalue weighted by Crippen LogP contribution is -2.35. The lowest BCUT2D eigenvalue weighted by Gasteiger charge is -2.30. The van der Waals surface area contributed by atoms with Crippen molar-refractivity contribution in [1.82, 2.24) is 5.06 Å². The molecule has 0 aromatic heterocycles. The monoisotopic (exact) mass is 397 g/mol. The molecule has 0 spiro atoms. The van der Waals surface area contributed by atoms with Crippen LogP contribution in [0.1, 0.15) is 42.9 Å². The van der Waals surface area contributed by atoms with Crippen LogP contribution in [0.25, 0.3) is 0 Å². The second kappa shape index (κ2) is 9.72. The summed E-state index contributed by atoms with van der Waals surface area (Å²) in [6.45, 7) is 1.33. The van der Waals surface area contributed by atoms with Gasteiger partial charge in [-0.05, 0) is 42.5 Å². The van der Waals surface area contributed by atoms with Gasteiger partial charge < -0.3 is 14.6 Å². The maximum absolute atomic E-state index is 10.1. The summed E-state index contributed by atoms with van der Waals surface area (Å²) in [6.07, 6.45) is 4.59. The van der Waals surface area contributed by atoms with Gasteiger partial charge in [-0.1, -0.05) is 48.9 Å². The normalized spacial score (nSPS) is 25.1. The fraction of sp³-hybridized carbons (Fsp3) is 0.500. The number of hydrogen-bond donors (Lipinski definition) is 1. The molecule has 0 radical (unpaired) electrons. The molecule has 5 heteroatoms. The van der Waals surface area contributed by atoms with Gasteiger partial charge >= 0.3 is 0 Å². The van der Waals surface area contributed by atoms with Crippen molar-refractivity contribution in [2.24, 2.45) is 5.92 Å². The highest BCUT2D eigenvalue weighted by Gasteiger charge is 2.48. The predicted octanol–water partition coefficient (Wildman–Crippen LogP) is 4.12. The van der Waals surface area contributed by atoms with Gasteiger partial charge in [-0.2, -0.15) is 5.06 Å². The van der Waals surface area contributed by atoms with Gasteiger partial charge in [0, 0.05) is 18.6 Å². The molecular formula is C24H31NO4. The van der Waals surface area contributed by atoms with Gasteiger partial charge in [-0.15, -0.1) is 0 Å². The van der Waals surface area contributed by atoms with Crippen LogP contribution >= 0.6 is 0 Å². The largest absolute Gasteiger partial charge is 0.497 e. The molecule has 1 heterocycles. The first kappa shape index (κ1) is 20.4. The predicted molar refractivity (Wildman–Crippen MR) is 111 cm³/mol. The van der Waals surface area contributed by atoms with Gasteiger partial charge in [0.25, 0.3) is 0 Å². The molecule has 156 valence electrons. The van der Waals surface area contributed by atoms with Crippen molar-refractivity contribution >= 4 is 0 Å². The number of hydrogen-bond acceptors (Lipinski definition) is 5. The van der Waals surface area contributed by atoms with Crippen molar-refractivity contribution < 1.29 is 19.4 Å². The molecule has 4 atom stereocenters. The Kier molecular flexibility index (Phi) is 6.82. The van der Waals surface area contributed by atoms with Crippen LogP contribution < -0.4 is 4.74 Å². The van der Waals surface area contributed by atoms with E-state index in [4.69, 9.17) is 14.3 Å². The number of methoxy groups -OCH3 is 1. The molecule has 2 fully saturated rings. The summed E-state index contributed by atoms with van der Waals surface area (Å²) >= 11 is 0. The highest BCUT2D eigenvalue weighted by molar-refractivity contribution is 5.26. The van der Waals surface area contributed by atoms with Gasteiger partial charge in [0.15, 0.2) is 0 Å². The molecule has 1 aliphatic heterocycles. The van der Waals surface area contributed by atoms with E-state index in [9.17, 15) is 5.11 Å². The molecule has 0 amide bonds. The number of nitrogens with zero attached hydrogens (tertiary/aromatic N) is 1. The molecule has 1 N–H and O–H groups in total. The zero-order chi connectivity index (χ0) is 20.1. The van der Waals surface area contributed by atoms with Crippen molar-refractivity contribution in [3.8, 4) is 5.75 Å². The van der Waals surface area contributed by atoms with E-state index in [0.717, 1.165) is 29.7 Å². The van der Waals surface area contributed by atoms with Crippen molar-refractivity contribution in [3.05, 3.63) is 65.7 Å². The smallest absolute Gasteiger partial charge is 0.118 e. The molecule has 1 saturated heterocycles. The van der Waals surface area contributed by atoms with E-state index in [1.165, 1.54) is 12.8 Å². The summed E-state index contributed by atoms with van der Waals surface area (Å²) in [5, 5.41) is 12.2. The standard InChI is InChI=1S/C24H31NO4/c1-27-20-12-10-18(11-13-20)17-28-15-14-24-21-8-5-9-22(21)25(29-24)23(16-26)19-6-3-2-4-7-19/h2-4,6-7,10-13,21-24,26H,5,8-9,14-17H2,1H3/t21-,22+,23-,24-/m0/s1. The van der Waals surface area contributed by atoms with E-state index in [-0.39, 0.29) is 18.8 Å². The van der Waals surface area contributed by atoms with Crippen LogP contribution in [-0.4, -0.2) is 42.6 Å². The average molecular weight is 398 g/mol. The minimum absolute atomic E-state index is 0.0634. The first-order valence-electron chi connectivity index (χ1n) is 10.6. The fourth-order valence-electron chi connectivity index (χ4n) is 4.72. The average Bonchev–Trinajstić information content (AvgIpc) is 3.37. The number of aliphatic hydroxyl groups is 1. The molecule has 2 aromatic rings. The number of fused-ring (bicyclic) bond motifs is 1. The Bertz CT molecular complexity index is 751. The summed E-state index contributed by atoms with van der Waals surface area (Å²) in [6, 6.07) is 18.4. The van der Waals surface area contributed by atoms with E-state index in [2.05, 4.69) is 17.2 Å². The minimum atomic E-state index is -0.105. The Balaban J connectivity index is 1.32. The van der Waals surface area contributed by atoms with Crippen molar-refractivity contribution in [1.29, 1.82) is 0 Å². The molecule has 2 aliphatic rings. The second-order valence-electron chi connectivity index (χ2n) is 7.96. The Morgan fingerprint density at radius 3 is 2.62 bits per heavy atom. The maximum Gasteiger partial charge on any atom is 0.118 e. The van der Waals surface area contributed by atoms with Crippen LogP contribution in [0.5, 0.6) is 5.75 Å². The van der Waals surface area contributed by atoms with Gasteiger partial charge in [0.1, 0.15) is 5.75 Å². The summed E-state index contributed by atoms with van der Waals surface area (Å²) < 4.78 is 11.1. The molecule has 2 aromatic carbocycles. The Morgan fingerprint density at radius 2 is 1.90 bits per heavy atom. The zero-order valence-electron chi connectivity index (χ0n) is 17.1. The molecular weight excluding hydrogens is 366 g/mol. The van der Waals surface area contributed by atoms with Crippen LogP contribution in [0.2, 0.25) is 0 Å². The maximum atomic E-state index is 10.1. The lowest BCUT2D eigenvalue weighted by molar-refractivity contribution is -0.203. The van der Waals surface area contributed by atoms with E-state index >= 15 is 0 Å². The third-order valence-electron chi connectivity index (χ3n) is 6.23. The molecule has 0 unspecified atom stereocenters. The van der Waals surface area contributed by atoms with E-state index in [1.807, 2.05) is 42.5 Å². The molecule has 0 bridgehead atoms. The number of aliphatic hydroxyl groups excluding tert-OH is 1. The van der Waals surface area contributed by atoms with Crippen molar-refractivity contribution in [2.45, 2.75) is 50.5 Å². The van der Waals surface area contributed by atoms with Crippen LogP contribution in [0.3, 0.4) is 0 Å². The van der Waals surface area contributed by atoms with Gasteiger partial charge in [0.2, 0.25) is 0 Å². The van der Waals surface area contributed by atoms with Crippen LogP contribution in [0, 0.1) is 5.92 Å². The van der Waals surface area contributed by atoms with Gasteiger partial charge in [-0.25, -0.2) is 0 Å². The summed E-state index contributed by atoms with van der Waals surface area (Å²) in [7, 11) is 1.67. The van der Waals surface area contributed by atoms with Crippen LogP contribution in [0.4, 0.5) is 0 Å². The number of rotatable bonds is 9. The molecule has 1 saturated carbocycles. The number of hydroxylamine groups is 2. The molecule has 1 aliphatic carbocycles. The zero-order valence-corrected chi connectivity index (χ0v) is 17.1. The molecule has 4 rings (SSSR count). The third-order valence-corrected chi connectivity index (χ3v) is 6.23. The molecule has 5 nitrogen and oxygen atoms in total. The summed E-state index contributed by atoms with van der Waals surface area (Å²) in [4.78, 5) is 6.40. The highest BCUT2D eigenvalue weighted by Crippen LogP contribution is 2.44. The van der Waals surface area contributed by atoms with Crippen LogP contribution in [0.15, 0.2) is 54.6 Å². The number of benzene rings is 2. The second-order valence-corrected chi connectivity index (χ2v) is 7.96. The van der Waals surface area contributed by atoms with Crippen molar-refractivity contribution in [3.63, 3.8) is 0 Å². The van der Waals surface area contributed by atoms with E-state index in [0.29, 0.717) is 25.2 Å². The number of ether oxygens (including phenoxy) is 2. The first-order valence-corrected chi connectivity index (χ1v) is 10.6. The Labute approximate surface area is 173 Å². The van der Waals surface area contributed by atoms with Gasteiger partial charge in [0.05, 0.1) is 32.5 Å². The molecule has 29 heavy (non-hydrogen) atoms. The third kappa shape index (κ3) is 4.64. The van der Waals surface area contributed by atoms with Crippen LogP contribution in [-0.2, 0) is 16.2 Å². The minimum Gasteiger partial charge on any atom is -0.497 e. The van der Waals surface area contributed by atoms with Crippen molar-refractivity contribution in [2.75, 3.05) is 20.3 Å². The fourth-order valence-corrected chi connectivity index (χ4v) is 4.72. The lowest BCUT2D eigenvalue weighted by atomic mass is 9.95. The first-order chi connectivity index (χ1) is 14.3. The SMILES string of the molecule is COc1ccc(COCC[C@@H]2ON([C@@H](CO)c3ccccc3)[C@@H]3CCC[C@H]23)cc1. The summed E-state index contributed by atoms with van der Waals surface area (Å²) in [5.74, 6) is 1.38. The quantitative estimate of drug-likeness (QED) is 0.645. The van der Waals surface area contributed by atoms with E-state index in [1.54, 1.807) is 7.11 Å². The van der Waals surface area contributed by atoms with Gasteiger partial charge in [-0.3, -0.25) is 4.84 Å². The van der Waals surface area contributed by atoms with E-state index < -0.39 is 0 Å². The Hall–Kier alpha value is -1.92.